The summed E-state index contributed by atoms with van der Waals surface area (Å²) in [6, 6.07) is 17.6. The molecule has 0 fully saturated rings. The van der Waals surface area contributed by atoms with Crippen LogP contribution in [0.25, 0.3) is 0 Å². The fourth-order valence-corrected chi connectivity index (χ4v) is 2.71. The topological polar surface area (TPSA) is 92.4 Å². The van der Waals surface area contributed by atoms with Crippen molar-refractivity contribution in [2.75, 3.05) is 17.7 Å². The average Bonchev–Trinajstić information content (AvgIpc) is 2.75. The van der Waals surface area contributed by atoms with E-state index < -0.39 is 0 Å². The maximum absolute atomic E-state index is 12.2. The quantitative estimate of drug-likeness (QED) is 0.539. The van der Waals surface area contributed by atoms with Crippen LogP contribution < -0.4 is 20.7 Å². The van der Waals surface area contributed by atoms with E-state index in [0.29, 0.717) is 23.1 Å². The second kappa shape index (κ2) is 9.56. The molecular formula is C23H24N4O3. The van der Waals surface area contributed by atoms with E-state index in [2.05, 4.69) is 34.8 Å². The standard InChI is InChI=1S/C23H24N4O3/c1-15(2)16-4-6-17(7-5-16)26-23(29)27-18-8-10-19(11-9-18)30-20-12-13-25-21(14-20)22(28)24-3/h4-15H,1-3H3,(H,24,28)(H2,26,27,29). The van der Waals surface area contributed by atoms with E-state index >= 15 is 0 Å². The highest BCUT2D eigenvalue weighted by atomic mass is 16.5. The number of urea groups is 1. The number of pyridine rings is 1. The Morgan fingerprint density at radius 3 is 2.03 bits per heavy atom. The van der Waals surface area contributed by atoms with E-state index in [4.69, 9.17) is 4.74 Å². The fraction of sp³-hybridized carbons (Fsp3) is 0.174. The summed E-state index contributed by atoms with van der Waals surface area (Å²) in [7, 11) is 1.54. The molecule has 0 spiro atoms. The Hall–Kier alpha value is -3.87. The van der Waals surface area contributed by atoms with Gasteiger partial charge in [-0.1, -0.05) is 26.0 Å². The first kappa shape index (κ1) is 20.9. The molecule has 0 saturated heterocycles. The molecule has 3 rings (SSSR count). The molecule has 0 saturated carbocycles. The van der Waals surface area contributed by atoms with Crippen LogP contribution in [-0.4, -0.2) is 24.0 Å². The van der Waals surface area contributed by atoms with Crippen molar-refractivity contribution in [1.82, 2.24) is 10.3 Å². The Morgan fingerprint density at radius 1 is 0.867 bits per heavy atom. The lowest BCUT2D eigenvalue weighted by Crippen LogP contribution is -2.19. The normalized spacial score (nSPS) is 10.4. The SMILES string of the molecule is CNC(=O)c1cc(Oc2ccc(NC(=O)Nc3ccc(C(C)C)cc3)cc2)ccn1. The number of nitrogens with one attached hydrogen (secondary N) is 3. The number of hydrogen-bond acceptors (Lipinski definition) is 4. The van der Waals surface area contributed by atoms with Crippen molar-refractivity contribution < 1.29 is 14.3 Å². The molecule has 0 aliphatic carbocycles. The van der Waals surface area contributed by atoms with Crippen molar-refractivity contribution in [2.24, 2.45) is 0 Å². The molecule has 154 valence electrons. The van der Waals surface area contributed by atoms with Gasteiger partial charge in [-0.3, -0.25) is 9.78 Å². The molecule has 0 radical (unpaired) electrons. The predicted octanol–water partition coefficient (Wildman–Crippen LogP) is 5.00. The third kappa shape index (κ3) is 5.57. The predicted molar refractivity (Wildman–Crippen MR) is 117 cm³/mol. The third-order valence-electron chi connectivity index (χ3n) is 4.37. The summed E-state index contributed by atoms with van der Waals surface area (Å²) < 4.78 is 5.75. The van der Waals surface area contributed by atoms with Gasteiger partial charge in [0.2, 0.25) is 0 Å². The van der Waals surface area contributed by atoms with Gasteiger partial charge in [0, 0.05) is 30.7 Å². The first-order valence-electron chi connectivity index (χ1n) is 9.58. The van der Waals surface area contributed by atoms with Gasteiger partial charge >= 0.3 is 6.03 Å². The highest BCUT2D eigenvalue weighted by Crippen LogP contribution is 2.23. The number of nitrogens with zero attached hydrogens (tertiary/aromatic N) is 1. The maximum Gasteiger partial charge on any atom is 0.323 e. The summed E-state index contributed by atoms with van der Waals surface area (Å²) in [6.45, 7) is 4.25. The molecule has 30 heavy (non-hydrogen) atoms. The van der Waals surface area contributed by atoms with E-state index in [1.54, 1.807) is 43.4 Å². The highest BCUT2D eigenvalue weighted by molar-refractivity contribution is 5.99. The minimum absolute atomic E-state index is 0.270. The Labute approximate surface area is 175 Å². The number of anilines is 2. The van der Waals surface area contributed by atoms with Crippen LogP contribution in [0.5, 0.6) is 11.5 Å². The molecular weight excluding hydrogens is 380 g/mol. The molecule has 3 amide bonds. The van der Waals surface area contributed by atoms with E-state index in [0.717, 1.165) is 5.69 Å². The van der Waals surface area contributed by atoms with Gasteiger partial charge in [-0.25, -0.2) is 4.79 Å². The van der Waals surface area contributed by atoms with Crippen LogP contribution in [0.15, 0.2) is 66.9 Å². The van der Waals surface area contributed by atoms with Crippen molar-refractivity contribution >= 4 is 23.3 Å². The smallest absolute Gasteiger partial charge is 0.323 e. The first-order chi connectivity index (χ1) is 14.4. The second-order valence-corrected chi connectivity index (χ2v) is 6.94. The molecule has 3 aromatic rings. The molecule has 0 aliphatic rings. The summed E-state index contributed by atoms with van der Waals surface area (Å²) in [5.41, 5.74) is 2.83. The summed E-state index contributed by atoms with van der Waals surface area (Å²) in [5, 5.41) is 8.11. The molecule has 1 heterocycles. The number of carbonyl (C=O) groups excluding carboxylic acids is 2. The van der Waals surface area contributed by atoms with Gasteiger partial charge in [-0.2, -0.15) is 0 Å². The zero-order valence-electron chi connectivity index (χ0n) is 17.1. The van der Waals surface area contributed by atoms with Gasteiger partial charge in [-0.15, -0.1) is 0 Å². The minimum Gasteiger partial charge on any atom is -0.457 e. The fourth-order valence-electron chi connectivity index (χ4n) is 2.71. The third-order valence-corrected chi connectivity index (χ3v) is 4.37. The van der Waals surface area contributed by atoms with E-state index in [9.17, 15) is 9.59 Å². The van der Waals surface area contributed by atoms with Crippen molar-refractivity contribution in [3.05, 3.63) is 78.1 Å². The second-order valence-electron chi connectivity index (χ2n) is 6.94. The average molecular weight is 404 g/mol. The lowest BCUT2D eigenvalue weighted by Gasteiger charge is -2.11. The molecule has 7 nitrogen and oxygen atoms in total. The van der Waals surface area contributed by atoms with Crippen LogP contribution in [0.1, 0.15) is 35.8 Å². The van der Waals surface area contributed by atoms with Gasteiger partial charge < -0.3 is 20.7 Å². The van der Waals surface area contributed by atoms with Gasteiger partial charge in [0.25, 0.3) is 5.91 Å². The van der Waals surface area contributed by atoms with Gasteiger partial charge in [0.1, 0.15) is 17.2 Å². The molecule has 0 bridgehead atoms. The van der Waals surface area contributed by atoms with Crippen LogP contribution in [0.4, 0.5) is 16.2 Å². The van der Waals surface area contributed by atoms with Crippen molar-refractivity contribution in [3.8, 4) is 11.5 Å². The molecule has 1 aromatic heterocycles. The number of ether oxygens (including phenoxy) is 1. The van der Waals surface area contributed by atoms with Crippen LogP contribution in [0.3, 0.4) is 0 Å². The summed E-state index contributed by atoms with van der Waals surface area (Å²) >= 11 is 0. The highest BCUT2D eigenvalue weighted by Gasteiger charge is 2.08. The van der Waals surface area contributed by atoms with E-state index in [-0.39, 0.29) is 17.6 Å². The lowest BCUT2D eigenvalue weighted by molar-refractivity contribution is 0.0958. The maximum atomic E-state index is 12.2. The van der Waals surface area contributed by atoms with Crippen molar-refractivity contribution in [2.45, 2.75) is 19.8 Å². The zero-order valence-corrected chi connectivity index (χ0v) is 17.1. The van der Waals surface area contributed by atoms with Crippen LogP contribution in [0.2, 0.25) is 0 Å². The molecule has 0 unspecified atom stereocenters. The molecule has 2 aromatic carbocycles. The van der Waals surface area contributed by atoms with E-state index in [1.165, 1.54) is 11.8 Å². The Balaban J connectivity index is 1.57. The van der Waals surface area contributed by atoms with Crippen LogP contribution in [0, 0.1) is 0 Å². The Bertz CT molecular complexity index is 1020. The summed E-state index contributed by atoms with van der Waals surface area (Å²) in [4.78, 5) is 27.9. The molecule has 7 heteroatoms. The number of amides is 3. The minimum atomic E-state index is -0.328. The van der Waals surface area contributed by atoms with Crippen molar-refractivity contribution in [3.63, 3.8) is 0 Å². The molecule has 3 N–H and O–H groups in total. The van der Waals surface area contributed by atoms with Crippen LogP contribution in [-0.2, 0) is 0 Å². The molecule has 0 aliphatic heterocycles. The largest absolute Gasteiger partial charge is 0.457 e. The summed E-state index contributed by atoms with van der Waals surface area (Å²) in [6.07, 6.45) is 1.51. The first-order valence-corrected chi connectivity index (χ1v) is 9.58. The van der Waals surface area contributed by atoms with Gasteiger partial charge in [0.05, 0.1) is 0 Å². The number of carbonyl (C=O) groups is 2. The monoisotopic (exact) mass is 404 g/mol. The lowest BCUT2D eigenvalue weighted by atomic mass is 10.0. The van der Waals surface area contributed by atoms with Gasteiger partial charge in [-0.05, 0) is 53.9 Å². The Morgan fingerprint density at radius 2 is 1.47 bits per heavy atom. The van der Waals surface area contributed by atoms with Crippen LogP contribution >= 0.6 is 0 Å². The Kier molecular flexibility index (Phi) is 6.64. The molecule has 0 atom stereocenters. The van der Waals surface area contributed by atoms with E-state index in [1.807, 2.05) is 24.3 Å². The summed E-state index contributed by atoms with van der Waals surface area (Å²) in [5.74, 6) is 1.21. The number of benzene rings is 2. The number of hydrogen-bond donors (Lipinski definition) is 3. The van der Waals surface area contributed by atoms with Gasteiger partial charge in [0.15, 0.2) is 0 Å². The van der Waals surface area contributed by atoms with Crippen molar-refractivity contribution in [1.29, 1.82) is 0 Å². The number of aromatic nitrogens is 1. The zero-order chi connectivity index (χ0) is 21.5. The number of rotatable bonds is 6.